The highest BCUT2D eigenvalue weighted by Crippen LogP contribution is 2.29. The SMILES string of the molecule is CN=C(NCc1ccnc(OCC2CC2)c1)NCc1nnc2ccccn12.I. The van der Waals surface area contributed by atoms with Crippen LogP contribution in [-0.2, 0) is 13.1 Å². The molecule has 3 aromatic heterocycles. The molecule has 1 saturated carbocycles. The minimum atomic E-state index is 0. The van der Waals surface area contributed by atoms with Crippen LogP contribution in [0.2, 0.25) is 0 Å². The van der Waals surface area contributed by atoms with Crippen molar-refractivity contribution < 1.29 is 4.74 Å². The van der Waals surface area contributed by atoms with Crippen molar-refractivity contribution >= 4 is 35.6 Å². The molecule has 0 saturated heterocycles. The summed E-state index contributed by atoms with van der Waals surface area (Å²) in [4.78, 5) is 8.53. The lowest BCUT2D eigenvalue weighted by molar-refractivity contribution is 0.288. The van der Waals surface area contributed by atoms with Crippen molar-refractivity contribution in [3.63, 3.8) is 0 Å². The summed E-state index contributed by atoms with van der Waals surface area (Å²) >= 11 is 0. The van der Waals surface area contributed by atoms with Gasteiger partial charge in [-0.15, -0.1) is 34.2 Å². The predicted molar refractivity (Wildman–Crippen MR) is 118 cm³/mol. The molecule has 8 nitrogen and oxygen atoms in total. The van der Waals surface area contributed by atoms with E-state index < -0.39 is 0 Å². The number of fused-ring (bicyclic) bond motifs is 1. The monoisotopic (exact) mass is 493 g/mol. The number of rotatable bonds is 7. The van der Waals surface area contributed by atoms with E-state index in [0.29, 0.717) is 30.8 Å². The first-order chi connectivity index (χ1) is 13.3. The Kier molecular flexibility index (Phi) is 7.01. The molecule has 3 heterocycles. The van der Waals surface area contributed by atoms with Crippen molar-refractivity contribution in [1.29, 1.82) is 0 Å². The zero-order chi connectivity index (χ0) is 18.5. The molecule has 1 aliphatic rings. The number of guanidine groups is 1. The zero-order valence-corrected chi connectivity index (χ0v) is 18.0. The van der Waals surface area contributed by atoms with Crippen LogP contribution in [-0.4, -0.2) is 39.2 Å². The van der Waals surface area contributed by atoms with Gasteiger partial charge in [-0.2, -0.15) is 0 Å². The van der Waals surface area contributed by atoms with Crippen LogP contribution in [0.15, 0.2) is 47.7 Å². The largest absolute Gasteiger partial charge is 0.477 e. The summed E-state index contributed by atoms with van der Waals surface area (Å²) in [6.45, 7) is 1.92. The Morgan fingerprint density at radius 3 is 2.89 bits per heavy atom. The van der Waals surface area contributed by atoms with Gasteiger partial charge in [-0.1, -0.05) is 6.07 Å². The Labute approximate surface area is 180 Å². The Balaban J connectivity index is 0.00000225. The summed E-state index contributed by atoms with van der Waals surface area (Å²) in [5.41, 5.74) is 1.92. The minimum Gasteiger partial charge on any atom is -0.477 e. The van der Waals surface area contributed by atoms with Crippen LogP contribution in [0.4, 0.5) is 0 Å². The molecule has 3 aromatic rings. The van der Waals surface area contributed by atoms with Crippen molar-refractivity contribution in [2.24, 2.45) is 10.9 Å². The highest BCUT2D eigenvalue weighted by atomic mass is 127. The maximum Gasteiger partial charge on any atom is 0.213 e. The molecule has 0 amide bonds. The van der Waals surface area contributed by atoms with Gasteiger partial charge in [0.05, 0.1) is 13.2 Å². The van der Waals surface area contributed by atoms with Crippen LogP contribution in [0.3, 0.4) is 0 Å². The van der Waals surface area contributed by atoms with E-state index in [4.69, 9.17) is 4.74 Å². The van der Waals surface area contributed by atoms with Crippen LogP contribution in [0.5, 0.6) is 5.88 Å². The average Bonchev–Trinajstić information content (AvgIpc) is 3.46. The van der Waals surface area contributed by atoms with Crippen LogP contribution < -0.4 is 15.4 Å². The van der Waals surface area contributed by atoms with Crippen molar-refractivity contribution in [2.45, 2.75) is 25.9 Å². The molecular formula is C19H24IN7O. The van der Waals surface area contributed by atoms with Gasteiger partial charge < -0.3 is 15.4 Å². The molecule has 9 heteroatoms. The molecule has 28 heavy (non-hydrogen) atoms. The van der Waals surface area contributed by atoms with Gasteiger partial charge in [0, 0.05) is 32.1 Å². The van der Waals surface area contributed by atoms with Crippen LogP contribution in [0, 0.1) is 5.92 Å². The maximum absolute atomic E-state index is 5.74. The van der Waals surface area contributed by atoms with Gasteiger partial charge in [-0.3, -0.25) is 9.39 Å². The van der Waals surface area contributed by atoms with Crippen LogP contribution in [0.1, 0.15) is 24.2 Å². The molecular weight excluding hydrogens is 469 g/mol. The number of halogens is 1. The van der Waals surface area contributed by atoms with E-state index in [9.17, 15) is 0 Å². The van der Waals surface area contributed by atoms with Gasteiger partial charge >= 0.3 is 0 Å². The molecule has 1 aliphatic carbocycles. The van der Waals surface area contributed by atoms with Gasteiger partial charge in [0.1, 0.15) is 0 Å². The number of nitrogens with one attached hydrogen (secondary N) is 2. The number of nitrogens with zero attached hydrogens (tertiary/aromatic N) is 5. The first-order valence-electron chi connectivity index (χ1n) is 9.13. The molecule has 0 radical (unpaired) electrons. The third-order valence-electron chi connectivity index (χ3n) is 4.44. The fraction of sp³-hybridized carbons (Fsp3) is 0.368. The molecule has 0 aliphatic heterocycles. The summed E-state index contributed by atoms with van der Waals surface area (Å²) in [5.74, 6) is 2.91. The second-order valence-electron chi connectivity index (χ2n) is 6.58. The maximum atomic E-state index is 5.74. The topological polar surface area (TPSA) is 88.7 Å². The number of hydrogen-bond donors (Lipinski definition) is 2. The fourth-order valence-electron chi connectivity index (χ4n) is 2.71. The van der Waals surface area contributed by atoms with Gasteiger partial charge in [0.15, 0.2) is 17.4 Å². The predicted octanol–water partition coefficient (Wildman–Crippen LogP) is 2.40. The molecule has 2 N–H and O–H groups in total. The molecule has 148 valence electrons. The van der Waals surface area contributed by atoms with Gasteiger partial charge in [0.2, 0.25) is 5.88 Å². The van der Waals surface area contributed by atoms with Crippen molar-refractivity contribution in [2.75, 3.05) is 13.7 Å². The lowest BCUT2D eigenvalue weighted by Crippen LogP contribution is -2.36. The third-order valence-corrected chi connectivity index (χ3v) is 4.44. The Morgan fingerprint density at radius 2 is 2.07 bits per heavy atom. The quantitative estimate of drug-likeness (QED) is 0.299. The lowest BCUT2D eigenvalue weighted by Gasteiger charge is -2.12. The number of aliphatic imine (C=N–C) groups is 1. The van der Waals surface area contributed by atoms with Crippen molar-refractivity contribution in [1.82, 2.24) is 30.2 Å². The Morgan fingerprint density at radius 1 is 1.21 bits per heavy atom. The molecule has 0 unspecified atom stereocenters. The van der Waals surface area contributed by atoms with E-state index in [-0.39, 0.29) is 24.0 Å². The summed E-state index contributed by atoms with van der Waals surface area (Å²) in [6, 6.07) is 9.76. The first kappa shape index (κ1) is 20.3. The number of ether oxygens (including phenoxy) is 1. The number of hydrogen-bond acceptors (Lipinski definition) is 5. The van der Waals surface area contributed by atoms with E-state index >= 15 is 0 Å². The van der Waals surface area contributed by atoms with Gasteiger partial charge in [0.25, 0.3) is 0 Å². The van der Waals surface area contributed by atoms with E-state index in [1.54, 1.807) is 13.2 Å². The summed E-state index contributed by atoms with van der Waals surface area (Å²) in [5, 5.41) is 14.9. The molecule has 1 fully saturated rings. The molecule has 4 rings (SSSR count). The lowest BCUT2D eigenvalue weighted by atomic mass is 10.2. The van der Waals surface area contributed by atoms with Gasteiger partial charge in [-0.05, 0) is 42.5 Å². The molecule has 0 atom stereocenters. The normalized spacial score (nSPS) is 13.8. The highest BCUT2D eigenvalue weighted by Gasteiger charge is 2.22. The summed E-state index contributed by atoms with van der Waals surface area (Å²) < 4.78 is 7.69. The van der Waals surface area contributed by atoms with Crippen molar-refractivity contribution in [3.05, 3.63) is 54.1 Å². The average molecular weight is 493 g/mol. The second kappa shape index (κ2) is 9.67. The number of aromatic nitrogens is 4. The minimum absolute atomic E-state index is 0. The molecule has 0 aromatic carbocycles. The van der Waals surface area contributed by atoms with Gasteiger partial charge in [-0.25, -0.2) is 4.98 Å². The standard InChI is InChI=1S/C19H23N7O.HI/c1-20-19(23-12-17-25-24-16-4-2-3-9-26(16)17)22-11-15-7-8-21-18(10-15)27-13-14-5-6-14;/h2-4,7-10,14H,5-6,11-13H2,1H3,(H2,20,22,23);1H. The second-order valence-corrected chi connectivity index (χ2v) is 6.58. The summed E-state index contributed by atoms with van der Waals surface area (Å²) in [7, 11) is 1.74. The molecule has 0 spiro atoms. The fourth-order valence-corrected chi connectivity index (χ4v) is 2.71. The highest BCUT2D eigenvalue weighted by molar-refractivity contribution is 14.0. The molecule has 0 bridgehead atoms. The Bertz CT molecular complexity index is 939. The van der Waals surface area contributed by atoms with E-state index in [2.05, 4.69) is 30.8 Å². The number of pyridine rings is 2. The zero-order valence-electron chi connectivity index (χ0n) is 15.7. The summed E-state index contributed by atoms with van der Waals surface area (Å²) in [6.07, 6.45) is 6.26. The first-order valence-corrected chi connectivity index (χ1v) is 9.13. The smallest absolute Gasteiger partial charge is 0.213 e. The van der Waals surface area contributed by atoms with Crippen LogP contribution in [0.25, 0.3) is 5.65 Å². The van der Waals surface area contributed by atoms with E-state index in [1.807, 2.05) is 40.9 Å². The van der Waals surface area contributed by atoms with Crippen LogP contribution >= 0.6 is 24.0 Å². The van der Waals surface area contributed by atoms with E-state index in [0.717, 1.165) is 23.6 Å². The van der Waals surface area contributed by atoms with E-state index in [1.165, 1.54) is 12.8 Å². The Hall–Kier alpha value is -2.43. The third kappa shape index (κ3) is 5.31. The van der Waals surface area contributed by atoms with Crippen molar-refractivity contribution in [3.8, 4) is 5.88 Å².